The predicted molar refractivity (Wildman–Crippen MR) is 119 cm³/mol. The van der Waals surface area contributed by atoms with Crippen LogP contribution in [0.25, 0.3) is 0 Å². The number of aryl methyl sites for hydroxylation is 1. The van der Waals surface area contributed by atoms with E-state index in [0.29, 0.717) is 17.9 Å². The molecule has 0 aliphatic carbocycles. The molecule has 1 saturated heterocycles. The zero-order valence-electron chi connectivity index (χ0n) is 18.3. The molecule has 0 saturated carbocycles. The number of furan rings is 1. The molecule has 0 bridgehead atoms. The normalized spacial score (nSPS) is 15.8. The highest BCUT2D eigenvalue weighted by Crippen LogP contribution is 2.16. The first kappa shape index (κ1) is 23.5. The van der Waals surface area contributed by atoms with Crippen molar-refractivity contribution in [3.63, 3.8) is 0 Å². The van der Waals surface area contributed by atoms with Crippen LogP contribution in [0.3, 0.4) is 0 Å². The fourth-order valence-electron chi connectivity index (χ4n) is 3.60. The Labute approximate surface area is 184 Å². The van der Waals surface area contributed by atoms with Gasteiger partial charge in [0, 0.05) is 38.3 Å². The SMILES string of the molecule is CCN1CCN(CCCNC(=O)c2cc(S(=O)(=O)NCc3ccco3)ccc2C)CC1. The number of hydrogen-bond acceptors (Lipinski definition) is 6. The summed E-state index contributed by atoms with van der Waals surface area (Å²) >= 11 is 0. The van der Waals surface area contributed by atoms with Gasteiger partial charge in [-0.3, -0.25) is 4.79 Å². The number of carbonyl (C=O) groups excluding carboxylic acids is 1. The molecular formula is C22H32N4O4S. The van der Waals surface area contributed by atoms with Gasteiger partial charge in [0.1, 0.15) is 5.76 Å². The molecule has 1 aromatic carbocycles. The molecule has 3 rings (SSSR count). The Kier molecular flexibility index (Phi) is 8.25. The van der Waals surface area contributed by atoms with Crippen molar-refractivity contribution in [3.05, 3.63) is 53.5 Å². The number of carbonyl (C=O) groups is 1. The Hall–Kier alpha value is -2.20. The van der Waals surface area contributed by atoms with Crippen LogP contribution in [0.2, 0.25) is 0 Å². The van der Waals surface area contributed by atoms with E-state index in [1.165, 1.54) is 18.4 Å². The van der Waals surface area contributed by atoms with Crippen LogP contribution in [0.1, 0.15) is 35.0 Å². The van der Waals surface area contributed by atoms with Crippen LogP contribution in [0.15, 0.2) is 45.9 Å². The summed E-state index contributed by atoms with van der Waals surface area (Å²) < 4.78 is 32.9. The molecular weight excluding hydrogens is 416 g/mol. The van der Waals surface area contributed by atoms with E-state index in [4.69, 9.17) is 4.42 Å². The number of nitrogens with one attached hydrogen (secondary N) is 2. The van der Waals surface area contributed by atoms with E-state index in [-0.39, 0.29) is 17.3 Å². The van der Waals surface area contributed by atoms with Crippen LogP contribution in [0, 0.1) is 6.92 Å². The Morgan fingerprint density at radius 2 is 1.87 bits per heavy atom. The summed E-state index contributed by atoms with van der Waals surface area (Å²) in [6.45, 7) is 10.9. The Morgan fingerprint density at radius 1 is 1.13 bits per heavy atom. The molecule has 0 radical (unpaired) electrons. The van der Waals surface area contributed by atoms with Gasteiger partial charge in [0.15, 0.2) is 0 Å². The lowest BCUT2D eigenvalue weighted by Gasteiger charge is -2.33. The summed E-state index contributed by atoms with van der Waals surface area (Å²) in [5, 5.41) is 2.93. The molecule has 1 aliphatic rings. The lowest BCUT2D eigenvalue weighted by atomic mass is 10.1. The largest absolute Gasteiger partial charge is 0.468 e. The van der Waals surface area contributed by atoms with Crippen LogP contribution < -0.4 is 10.0 Å². The second kappa shape index (κ2) is 10.9. The number of amides is 1. The third kappa shape index (κ3) is 6.64. The quantitative estimate of drug-likeness (QED) is 0.539. The maximum absolute atomic E-state index is 12.7. The fraction of sp³-hybridized carbons (Fsp3) is 0.500. The lowest BCUT2D eigenvalue weighted by Crippen LogP contribution is -2.46. The number of rotatable bonds is 10. The van der Waals surface area contributed by atoms with Crippen molar-refractivity contribution in [1.29, 1.82) is 0 Å². The van der Waals surface area contributed by atoms with Crippen molar-refractivity contribution < 1.29 is 17.6 Å². The van der Waals surface area contributed by atoms with Gasteiger partial charge < -0.3 is 19.5 Å². The maximum atomic E-state index is 12.7. The van der Waals surface area contributed by atoms with Crippen molar-refractivity contribution in [1.82, 2.24) is 19.8 Å². The van der Waals surface area contributed by atoms with Crippen LogP contribution >= 0.6 is 0 Å². The molecule has 170 valence electrons. The molecule has 9 heteroatoms. The third-order valence-corrected chi connectivity index (χ3v) is 7.03. The first-order valence-electron chi connectivity index (χ1n) is 10.7. The van der Waals surface area contributed by atoms with E-state index >= 15 is 0 Å². The van der Waals surface area contributed by atoms with Gasteiger partial charge in [0.25, 0.3) is 5.91 Å². The van der Waals surface area contributed by atoms with Crippen molar-refractivity contribution in [2.45, 2.75) is 31.7 Å². The molecule has 0 spiro atoms. The molecule has 0 atom stereocenters. The number of benzene rings is 1. The van der Waals surface area contributed by atoms with E-state index in [0.717, 1.165) is 51.3 Å². The summed E-state index contributed by atoms with van der Waals surface area (Å²) in [5.74, 6) is 0.265. The van der Waals surface area contributed by atoms with E-state index in [1.807, 2.05) is 0 Å². The highest BCUT2D eigenvalue weighted by molar-refractivity contribution is 7.89. The second-order valence-electron chi connectivity index (χ2n) is 7.77. The van der Waals surface area contributed by atoms with Gasteiger partial charge in [-0.25, -0.2) is 13.1 Å². The molecule has 2 heterocycles. The Bertz CT molecular complexity index is 952. The molecule has 1 aromatic heterocycles. The Morgan fingerprint density at radius 3 is 2.55 bits per heavy atom. The summed E-state index contributed by atoms with van der Waals surface area (Å²) in [6.07, 6.45) is 2.35. The van der Waals surface area contributed by atoms with E-state index in [2.05, 4.69) is 26.8 Å². The average Bonchev–Trinajstić information content (AvgIpc) is 3.29. The predicted octanol–water partition coefficient (Wildman–Crippen LogP) is 1.82. The van der Waals surface area contributed by atoms with Crippen LogP contribution in [-0.2, 0) is 16.6 Å². The monoisotopic (exact) mass is 448 g/mol. The van der Waals surface area contributed by atoms with Crippen molar-refractivity contribution in [2.75, 3.05) is 45.8 Å². The number of nitrogens with zero attached hydrogens (tertiary/aromatic N) is 2. The first-order valence-corrected chi connectivity index (χ1v) is 12.2. The molecule has 1 aliphatic heterocycles. The minimum atomic E-state index is -3.76. The average molecular weight is 449 g/mol. The maximum Gasteiger partial charge on any atom is 0.251 e. The van der Waals surface area contributed by atoms with Gasteiger partial charge in [-0.05, 0) is 56.3 Å². The standard InChI is InChI=1S/C22H32N4O4S/c1-3-25-11-13-26(14-12-25)10-5-9-23-22(27)21-16-20(8-7-18(21)2)31(28,29)24-17-19-6-4-15-30-19/h4,6-8,15-16,24H,3,5,9-14,17H2,1-2H3,(H,23,27). The molecule has 1 amide bonds. The van der Waals surface area contributed by atoms with E-state index < -0.39 is 10.0 Å². The topological polar surface area (TPSA) is 94.9 Å². The molecule has 1 fully saturated rings. The first-order chi connectivity index (χ1) is 14.9. The van der Waals surface area contributed by atoms with E-state index in [9.17, 15) is 13.2 Å². The van der Waals surface area contributed by atoms with E-state index in [1.54, 1.807) is 25.1 Å². The number of sulfonamides is 1. The summed E-state index contributed by atoms with van der Waals surface area (Å²) in [5.41, 5.74) is 1.11. The second-order valence-corrected chi connectivity index (χ2v) is 9.53. The summed E-state index contributed by atoms with van der Waals surface area (Å²) in [4.78, 5) is 17.6. The minimum Gasteiger partial charge on any atom is -0.468 e. The number of likely N-dealkylation sites (N-methyl/N-ethyl adjacent to an activating group) is 1. The highest BCUT2D eigenvalue weighted by atomic mass is 32.2. The molecule has 0 unspecified atom stereocenters. The zero-order valence-corrected chi connectivity index (χ0v) is 19.1. The third-order valence-electron chi connectivity index (χ3n) is 5.63. The molecule has 2 N–H and O–H groups in total. The van der Waals surface area contributed by atoms with Crippen molar-refractivity contribution >= 4 is 15.9 Å². The number of hydrogen-bond donors (Lipinski definition) is 2. The van der Waals surface area contributed by atoms with Gasteiger partial charge in [0.2, 0.25) is 10.0 Å². The van der Waals surface area contributed by atoms with Crippen molar-refractivity contribution in [3.8, 4) is 0 Å². The summed E-state index contributed by atoms with van der Waals surface area (Å²) in [6, 6.07) is 7.98. The van der Waals surface area contributed by atoms with Crippen molar-refractivity contribution in [2.24, 2.45) is 0 Å². The van der Waals surface area contributed by atoms with Crippen LogP contribution in [-0.4, -0.2) is 69.9 Å². The van der Waals surface area contributed by atoms with Crippen LogP contribution in [0.5, 0.6) is 0 Å². The van der Waals surface area contributed by atoms with Gasteiger partial charge >= 0.3 is 0 Å². The fourth-order valence-corrected chi connectivity index (χ4v) is 4.62. The number of piperazine rings is 1. The van der Waals surface area contributed by atoms with Crippen LogP contribution in [0.4, 0.5) is 0 Å². The van der Waals surface area contributed by atoms with Gasteiger partial charge in [-0.1, -0.05) is 13.0 Å². The molecule has 2 aromatic rings. The zero-order chi connectivity index (χ0) is 22.3. The van der Waals surface area contributed by atoms with Gasteiger partial charge in [-0.15, -0.1) is 0 Å². The highest BCUT2D eigenvalue weighted by Gasteiger charge is 2.19. The minimum absolute atomic E-state index is 0.0528. The molecule has 31 heavy (non-hydrogen) atoms. The smallest absolute Gasteiger partial charge is 0.251 e. The molecule has 8 nitrogen and oxygen atoms in total. The summed E-state index contributed by atoms with van der Waals surface area (Å²) in [7, 11) is -3.76. The lowest BCUT2D eigenvalue weighted by molar-refractivity contribution is 0.0947. The van der Waals surface area contributed by atoms with Gasteiger partial charge in [-0.2, -0.15) is 0 Å². The van der Waals surface area contributed by atoms with Gasteiger partial charge in [0.05, 0.1) is 17.7 Å². The Balaban J connectivity index is 1.51.